The summed E-state index contributed by atoms with van der Waals surface area (Å²) < 4.78 is 0. The number of aliphatic hydroxyl groups is 1. The minimum Gasteiger partial charge on any atom is -0.391 e. The first kappa shape index (κ1) is 24.4. The van der Waals surface area contributed by atoms with Crippen molar-refractivity contribution in [2.24, 2.45) is 5.92 Å². The number of nitrogens with zero attached hydrogens (tertiary/aromatic N) is 4. The van der Waals surface area contributed by atoms with Crippen LogP contribution >= 0.6 is 22.7 Å². The molecule has 3 atom stereocenters. The number of hydrogen-bond acceptors (Lipinski definition) is 8. The van der Waals surface area contributed by atoms with Gasteiger partial charge < -0.3 is 15.3 Å². The Kier molecular flexibility index (Phi) is 7.39. The van der Waals surface area contributed by atoms with Gasteiger partial charge >= 0.3 is 0 Å². The molecule has 1 fully saturated rings. The van der Waals surface area contributed by atoms with E-state index in [0.717, 1.165) is 26.7 Å². The summed E-state index contributed by atoms with van der Waals surface area (Å²) in [6.45, 7) is 8.24. The number of carbonyl (C=O) groups is 2. The smallest absolute Gasteiger partial charge is 0.243 e. The predicted molar refractivity (Wildman–Crippen MR) is 132 cm³/mol. The van der Waals surface area contributed by atoms with Crippen LogP contribution in [0.4, 0.5) is 0 Å². The van der Waals surface area contributed by atoms with Gasteiger partial charge in [-0.1, -0.05) is 38.1 Å². The first-order chi connectivity index (χ1) is 16.2. The number of amides is 2. The molecule has 0 saturated carbocycles. The van der Waals surface area contributed by atoms with Crippen LogP contribution in [-0.2, 0) is 16.1 Å². The Bertz CT molecular complexity index is 1160. The Morgan fingerprint density at radius 2 is 1.94 bits per heavy atom. The molecule has 3 heterocycles. The van der Waals surface area contributed by atoms with Gasteiger partial charge in [0.25, 0.3) is 0 Å². The monoisotopic (exact) mass is 499 g/mol. The van der Waals surface area contributed by atoms with Crippen LogP contribution in [0.25, 0.3) is 10.4 Å². The zero-order chi connectivity index (χ0) is 24.4. The van der Waals surface area contributed by atoms with Crippen LogP contribution in [0.15, 0.2) is 29.8 Å². The van der Waals surface area contributed by atoms with Crippen molar-refractivity contribution >= 4 is 34.5 Å². The minimum atomic E-state index is -0.731. The highest BCUT2D eigenvalue weighted by Gasteiger charge is 2.43. The van der Waals surface area contributed by atoms with E-state index in [-0.39, 0.29) is 30.7 Å². The van der Waals surface area contributed by atoms with Crippen LogP contribution in [-0.4, -0.2) is 55.7 Å². The molecule has 2 amide bonds. The Hall–Kier alpha value is -2.69. The molecule has 0 spiro atoms. The van der Waals surface area contributed by atoms with Gasteiger partial charge in [0.2, 0.25) is 11.8 Å². The van der Waals surface area contributed by atoms with Crippen molar-refractivity contribution in [3.05, 3.63) is 51.0 Å². The van der Waals surface area contributed by atoms with Gasteiger partial charge in [-0.2, -0.15) is 0 Å². The second kappa shape index (κ2) is 10.3. The summed E-state index contributed by atoms with van der Waals surface area (Å²) in [6, 6.07) is 7.29. The van der Waals surface area contributed by atoms with E-state index in [9.17, 15) is 14.7 Å². The van der Waals surface area contributed by atoms with Crippen molar-refractivity contribution in [2.45, 2.75) is 58.7 Å². The summed E-state index contributed by atoms with van der Waals surface area (Å²) in [5.41, 5.74) is 4.88. The third-order valence-corrected chi connectivity index (χ3v) is 7.93. The van der Waals surface area contributed by atoms with Gasteiger partial charge in [-0.25, -0.2) is 4.98 Å². The average Bonchev–Trinajstić information content (AvgIpc) is 3.52. The van der Waals surface area contributed by atoms with E-state index in [4.69, 9.17) is 0 Å². The fourth-order valence-electron chi connectivity index (χ4n) is 4.26. The van der Waals surface area contributed by atoms with Crippen LogP contribution in [0.3, 0.4) is 0 Å². The topological polar surface area (TPSA) is 108 Å². The summed E-state index contributed by atoms with van der Waals surface area (Å²) in [6.07, 6.45) is -0.508. The van der Waals surface area contributed by atoms with Gasteiger partial charge in [0.15, 0.2) is 0 Å². The normalized spacial score (nSPS) is 18.9. The molecule has 1 saturated heterocycles. The van der Waals surface area contributed by atoms with Crippen LogP contribution in [0.2, 0.25) is 0 Å². The number of aryl methyl sites for hydroxylation is 2. The van der Waals surface area contributed by atoms with E-state index in [1.54, 1.807) is 11.3 Å². The average molecular weight is 500 g/mol. The van der Waals surface area contributed by atoms with Crippen molar-refractivity contribution in [3.63, 3.8) is 0 Å². The molecule has 0 unspecified atom stereocenters. The number of hydrogen-bond donors (Lipinski definition) is 2. The van der Waals surface area contributed by atoms with Crippen LogP contribution in [0.5, 0.6) is 0 Å². The first-order valence-corrected chi connectivity index (χ1v) is 13.0. The van der Waals surface area contributed by atoms with E-state index >= 15 is 0 Å². The SMILES string of the molecule is Cc1nnc([C@H](C(=O)N2C[C@H](O)C[C@H]2C(=O)NCc2ccc(-c3scnc3C)cc2)C(C)C)s1. The lowest BCUT2D eigenvalue weighted by atomic mass is 9.94. The summed E-state index contributed by atoms with van der Waals surface area (Å²) in [5.74, 6) is -0.952. The highest BCUT2D eigenvalue weighted by atomic mass is 32.1. The molecule has 10 heteroatoms. The number of carbonyl (C=O) groups excluding carboxylic acids is 2. The van der Waals surface area contributed by atoms with Crippen molar-refractivity contribution < 1.29 is 14.7 Å². The lowest BCUT2D eigenvalue weighted by Gasteiger charge is -2.28. The number of benzene rings is 1. The molecule has 0 radical (unpaired) electrons. The van der Waals surface area contributed by atoms with E-state index in [1.807, 2.05) is 57.5 Å². The molecule has 8 nitrogen and oxygen atoms in total. The molecule has 34 heavy (non-hydrogen) atoms. The second-order valence-corrected chi connectivity index (χ2v) is 11.0. The zero-order valence-corrected chi connectivity index (χ0v) is 21.3. The maximum Gasteiger partial charge on any atom is 0.243 e. The van der Waals surface area contributed by atoms with E-state index in [0.29, 0.717) is 11.6 Å². The lowest BCUT2D eigenvalue weighted by Crippen LogP contribution is -2.48. The van der Waals surface area contributed by atoms with E-state index in [2.05, 4.69) is 20.5 Å². The number of nitrogens with one attached hydrogen (secondary N) is 1. The molecule has 0 aliphatic carbocycles. The zero-order valence-electron chi connectivity index (χ0n) is 19.7. The van der Waals surface area contributed by atoms with Crippen molar-refractivity contribution in [1.82, 2.24) is 25.4 Å². The van der Waals surface area contributed by atoms with Gasteiger partial charge in [-0.15, -0.1) is 32.9 Å². The number of thiazole rings is 1. The van der Waals surface area contributed by atoms with Gasteiger partial charge in [0, 0.05) is 19.5 Å². The van der Waals surface area contributed by atoms with Crippen LogP contribution in [0, 0.1) is 19.8 Å². The molecule has 1 aromatic carbocycles. The summed E-state index contributed by atoms with van der Waals surface area (Å²) in [4.78, 5) is 33.5. The fraction of sp³-hybridized carbons (Fsp3) is 0.458. The largest absolute Gasteiger partial charge is 0.391 e. The number of β-amino-alcohol motifs (C(OH)–C–C–N with tert-alkyl or cyclic N) is 1. The van der Waals surface area contributed by atoms with Gasteiger partial charge in [0.1, 0.15) is 16.1 Å². The quantitative estimate of drug-likeness (QED) is 0.516. The standard InChI is InChI=1S/C24H29N5O3S2/c1-13(2)20(23-28-27-15(4)34-23)24(32)29-11-18(30)9-19(29)22(31)25-10-16-5-7-17(8-6-16)21-14(3)26-12-33-21/h5-8,12-13,18-20,30H,9-11H2,1-4H3,(H,25,31)/t18-,19+,20-/m1/s1. The predicted octanol–water partition coefficient (Wildman–Crippen LogP) is 3.30. The molecule has 4 rings (SSSR count). The molecule has 0 bridgehead atoms. The van der Waals surface area contributed by atoms with Gasteiger partial charge in [-0.3, -0.25) is 9.59 Å². The molecule has 3 aromatic rings. The molecule has 180 valence electrons. The van der Waals surface area contributed by atoms with Crippen molar-refractivity contribution in [2.75, 3.05) is 6.54 Å². The molecule has 1 aliphatic rings. The number of likely N-dealkylation sites (tertiary alicyclic amines) is 1. The summed E-state index contributed by atoms with van der Waals surface area (Å²) >= 11 is 3.00. The number of aliphatic hydroxyl groups excluding tert-OH is 1. The van der Waals surface area contributed by atoms with Gasteiger partial charge in [0.05, 0.1) is 28.1 Å². The maximum atomic E-state index is 13.5. The van der Waals surface area contributed by atoms with Gasteiger partial charge in [-0.05, 0) is 30.9 Å². The summed E-state index contributed by atoms with van der Waals surface area (Å²) in [7, 11) is 0. The molecule has 2 aromatic heterocycles. The Morgan fingerprint density at radius 3 is 2.53 bits per heavy atom. The molecule has 1 aliphatic heterocycles. The molecular formula is C24H29N5O3S2. The lowest BCUT2D eigenvalue weighted by molar-refractivity contribution is -0.140. The van der Waals surface area contributed by atoms with Crippen molar-refractivity contribution in [3.8, 4) is 10.4 Å². The van der Waals surface area contributed by atoms with Crippen LogP contribution in [0.1, 0.15) is 47.5 Å². The summed E-state index contributed by atoms with van der Waals surface area (Å²) in [5, 5.41) is 22.9. The number of aromatic nitrogens is 3. The van der Waals surface area contributed by atoms with E-state index in [1.165, 1.54) is 16.2 Å². The highest BCUT2D eigenvalue weighted by molar-refractivity contribution is 7.13. The molecule has 2 N–H and O–H groups in total. The number of rotatable bonds is 7. The highest BCUT2D eigenvalue weighted by Crippen LogP contribution is 2.32. The van der Waals surface area contributed by atoms with Crippen LogP contribution < -0.4 is 5.32 Å². The maximum absolute atomic E-state index is 13.5. The Balaban J connectivity index is 1.43. The minimum absolute atomic E-state index is 0.0120. The third-order valence-electron chi connectivity index (χ3n) is 6.03. The molecular weight excluding hydrogens is 470 g/mol. The first-order valence-electron chi connectivity index (χ1n) is 11.3. The third kappa shape index (κ3) is 5.18. The Morgan fingerprint density at radius 1 is 1.21 bits per heavy atom. The Labute approximate surface area is 207 Å². The fourth-order valence-corrected chi connectivity index (χ4v) is 6.04. The second-order valence-electron chi connectivity index (χ2n) is 8.96. The van der Waals surface area contributed by atoms with E-state index < -0.39 is 18.1 Å². The van der Waals surface area contributed by atoms with Crippen molar-refractivity contribution in [1.29, 1.82) is 0 Å².